The van der Waals surface area contributed by atoms with Gasteiger partial charge >= 0.3 is 0 Å². The standard InChI is InChI=1S/C23H23N5O3/c1-31-14-13-28-20(24)17(22(29)25-11-10-16-7-3-2-4-8-16)15-18-21(28)26-19-9-5-6-12-27(19)23(18)30/h2-9,12,15,24H,10-11,13-14H2,1H3,(H,25,29)/p+1. The third-order valence-corrected chi connectivity index (χ3v) is 5.17. The molecule has 0 aliphatic carbocycles. The van der Waals surface area contributed by atoms with Crippen molar-refractivity contribution >= 4 is 28.4 Å². The summed E-state index contributed by atoms with van der Waals surface area (Å²) in [6.07, 6.45) is 2.35. The lowest BCUT2D eigenvalue weighted by atomic mass is 10.1. The van der Waals surface area contributed by atoms with Crippen LogP contribution in [0.15, 0.2) is 65.6 Å². The van der Waals surface area contributed by atoms with Crippen LogP contribution in [-0.4, -0.2) is 35.6 Å². The minimum absolute atomic E-state index is 0.242. The predicted molar refractivity (Wildman–Crippen MR) is 118 cm³/mol. The monoisotopic (exact) mass is 418 g/mol. The Labute approximate surface area is 178 Å². The lowest BCUT2D eigenvalue weighted by molar-refractivity contribution is -0.660. The van der Waals surface area contributed by atoms with E-state index in [0.717, 1.165) is 5.56 Å². The number of fused-ring (bicyclic) bond motifs is 2. The van der Waals surface area contributed by atoms with Gasteiger partial charge in [0.1, 0.15) is 10.9 Å². The van der Waals surface area contributed by atoms with Crippen molar-refractivity contribution in [3.8, 4) is 0 Å². The summed E-state index contributed by atoms with van der Waals surface area (Å²) < 4.78 is 8.31. The van der Waals surface area contributed by atoms with Gasteiger partial charge in [-0.1, -0.05) is 41.4 Å². The molecular formula is C23H24N5O3+. The normalized spacial score (nSPS) is 11.1. The Kier molecular flexibility index (Phi) is 5.90. The largest absolute Gasteiger partial charge is 0.381 e. The van der Waals surface area contributed by atoms with Crippen LogP contribution in [0.25, 0.3) is 16.7 Å². The van der Waals surface area contributed by atoms with Gasteiger partial charge in [0.05, 0.1) is 13.2 Å². The Hall–Kier alpha value is -3.78. The van der Waals surface area contributed by atoms with Crippen molar-refractivity contribution in [2.45, 2.75) is 13.0 Å². The van der Waals surface area contributed by atoms with Gasteiger partial charge in [-0.25, -0.2) is 4.57 Å². The first kappa shape index (κ1) is 20.5. The zero-order chi connectivity index (χ0) is 21.8. The minimum Gasteiger partial charge on any atom is -0.381 e. The summed E-state index contributed by atoms with van der Waals surface area (Å²) in [5.74, 6) is -0.0898. The van der Waals surface area contributed by atoms with Crippen LogP contribution in [0, 0.1) is 0 Å². The molecule has 0 aliphatic rings. The number of anilines is 1. The number of ether oxygens (including phenoxy) is 1. The average Bonchev–Trinajstić information content (AvgIpc) is 2.79. The first-order chi connectivity index (χ1) is 15.1. The number of rotatable bonds is 7. The molecular weight excluding hydrogens is 394 g/mol. The van der Waals surface area contributed by atoms with Crippen LogP contribution >= 0.6 is 0 Å². The zero-order valence-corrected chi connectivity index (χ0v) is 17.2. The van der Waals surface area contributed by atoms with Crippen LogP contribution in [-0.2, 0) is 17.7 Å². The fourth-order valence-electron chi connectivity index (χ4n) is 3.55. The molecule has 31 heavy (non-hydrogen) atoms. The smallest absolute Gasteiger partial charge is 0.278 e. The summed E-state index contributed by atoms with van der Waals surface area (Å²) >= 11 is 0. The van der Waals surface area contributed by atoms with E-state index in [1.807, 2.05) is 36.4 Å². The fraction of sp³-hybridized carbons (Fsp3) is 0.217. The van der Waals surface area contributed by atoms with Gasteiger partial charge in [-0.15, -0.1) is 0 Å². The number of nitrogen functional groups attached to an aromatic ring is 1. The summed E-state index contributed by atoms with van der Waals surface area (Å²) in [4.78, 5) is 30.7. The third-order valence-electron chi connectivity index (χ3n) is 5.17. The molecule has 3 N–H and O–H groups in total. The van der Waals surface area contributed by atoms with Gasteiger partial charge in [0, 0.05) is 19.9 Å². The summed E-state index contributed by atoms with van der Waals surface area (Å²) in [7, 11) is 1.58. The number of carbonyl (C=O) groups excluding carboxylic acids is 1. The van der Waals surface area contributed by atoms with Gasteiger partial charge in [0.2, 0.25) is 11.5 Å². The van der Waals surface area contributed by atoms with Crippen molar-refractivity contribution in [3.05, 3.63) is 82.3 Å². The van der Waals surface area contributed by atoms with E-state index in [-0.39, 0.29) is 22.8 Å². The molecule has 0 fully saturated rings. The highest BCUT2D eigenvalue weighted by molar-refractivity contribution is 6.00. The lowest BCUT2D eigenvalue weighted by Gasteiger charge is -2.12. The van der Waals surface area contributed by atoms with Gasteiger partial charge < -0.3 is 15.8 Å². The average molecular weight is 418 g/mol. The molecule has 4 aromatic rings. The topological polar surface area (TPSA) is 103 Å². The molecule has 1 aromatic carbocycles. The Morgan fingerprint density at radius 1 is 1.19 bits per heavy atom. The minimum atomic E-state index is -0.334. The summed E-state index contributed by atoms with van der Waals surface area (Å²) in [5, 5.41) is 3.22. The number of benzene rings is 1. The van der Waals surface area contributed by atoms with Gasteiger partial charge in [-0.3, -0.25) is 14.0 Å². The second-order valence-corrected chi connectivity index (χ2v) is 7.16. The van der Waals surface area contributed by atoms with E-state index in [9.17, 15) is 9.59 Å². The van der Waals surface area contributed by atoms with E-state index in [0.29, 0.717) is 42.8 Å². The molecule has 0 unspecified atom stereocenters. The molecule has 8 heteroatoms. The van der Waals surface area contributed by atoms with Crippen molar-refractivity contribution in [3.63, 3.8) is 0 Å². The fourth-order valence-corrected chi connectivity index (χ4v) is 3.55. The second kappa shape index (κ2) is 8.93. The van der Waals surface area contributed by atoms with Gasteiger partial charge in [0.15, 0.2) is 0 Å². The van der Waals surface area contributed by atoms with Crippen LogP contribution in [0.4, 0.5) is 5.82 Å². The quantitative estimate of drug-likeness (QED) is 0.348. The van der Waals surface area contributed by atoms with E-state index >= 15 is 0 Å². The van der Waals surface area contributed by atoms with E-state index in [1.54, 1.807) is 30.0 Å². The molecule has 0 radical (unpaired) electrons. The SMILES string of the molecule is COCC[n+]1c(N)c(C(=O)NCCc2ccccc2)cc2c(=O)n3ccccc3nc21. The highest BCUT2D eigenvalue weighted by Crippen LogP contribution is 2.14. The molecule has 158 valence electrons. The van der Waals surface area contributed by atoms with Crippen molar-refractivity contribution < 1.29 is 14.1 Å². The number of amides is 1. The van der Waals surface area contributed by atoms with Gasteiger partial charge in [-0.05, 0) is 30.2 Å². The molecule has 1 amide bonds. The maximum absolute atomic E-state index is 13.1. The van der Waals surface area contributed by atoms with E-state index < -0.39 is 0 Å². The molecule has 0 aliphatic heterocycles. The van der Waals surface area contributed by atoms with Crippen LogP contribution in [0.3, 0.4) is 0 Å². The zero-order valence-electron chi connectivity index (χ0n) is 17.2. The lowest BCUT2D eigenvalue weighted by Crippen LogP contribution is -2.44. The molecule has 0 spiro atoms. The maximum atomic E-state index is 13.1. The molecule has 0 saturated carbocycles. The van der Waals surface area contributed by atoms with Crippen LogP contribution in [0.2, 0.25) is 0 Å². The highest BCUT2D eigenvalue weighted by Gasteiger charge is 2.24. The number of aromatic nitrogens is 3. The van der Waals surface area contributed by atoms with E-state index in [2.05, 4.69) is 10.3 Å². The maximum Gasteiger partial charge on any atom is 0.278 e. The number of methoxy groups -OCH3 is 1. The van der Waals surface area contributed by atoms with E-state index in [4.69, 9.17) is 10.5 Å². The van der Waals surface area contributed by atoms with Crippen LogP contribution in [0.5, 0.6) is 0 Å². The molecule has 3 aromatic heterocycles. The first-order valence-corrected chi connectivity index (χ1v) is 10.0. The van der Waals surface area contributed by atoms with Gasteiger partial charge in [-0.2, -0.15) is 0 Å². The van der Waals surface area contributed by atoms with Gasteiger partial charge in [0.25, 0.3) is 17.1 Å². The molecule has 0 saturated heterocycles. The molecule has 8 nitrogen and oxygen atoms in total. The number of nitrogens with zero attached hydrogens (tertiary/aromatic N) is 3. The summed E-state index contributed by atoms with van der Waals surface area (Å²) in [5.41, 5.74) is 8.40. The Morgan fingerprint density at radius 3 is 2.74 bits per heavy atom. The van der Waals surface area contributed by atoms with Crippen molar-refractivity contribution in [1.82, 2.24) is 14.7 Å². The highest BCUT2D eigenvalue weighted by atomic mass is 16.5. The molecule has 0 bridgehead atoms. The predicted octanol–water partition coefficient (Wildman–Crippen LogP) is 1.34. The Morgan fingerprint density at radius 2 is 1.97 bits per heavy atom. The summed E-state index contributed by atoms with van der Waals surface area (Å²) in [6, 6.07) is 16.7. The second-order valence-electron chi connectivity index (χ2n) is 7.16. The number of nitrogens with two attached hydrogens (primary N) is 1. The molecule has 4 rings (SSSR count). The number of carbonyl (C=O) groups is 1. The Balaban J connectivity index is 1.74. The Bertz CT molecular complexity index is 1300. The number of pyridine rings is 2. The van der Waals surface area contributed by atoms with Crippen molar-refractivity contribution in [2.24, 2.45) is 0 Å². The third kappa shape index (κ3) is 4.10. The molecule has 0 atom stereocenters. The van der Waals surface area contributed by atoms with Crippen molar-refractivity contribution in [2.75, 3.05) is 26.0 Å². The van der Waals surface area contributed by atoms with Crippen LogP contribution < -0.4 is 21.2 Å². The number of nitrogens with one attached hydrogen (secondary N) is 1. The summed E-state index contributed by atoms with van der Waals surface area (Å²) in [6.45, 7) is 1.17. The van der Waals surface area contributed by atoms with Crippen LogP contribution in [0.1, 0.15) is 15.9 Å². The first-order valence-electron chi connectivity index (χ1n) is 10.0. The van der Waals surface area contributed by atoms with Crippen molar-refractivity contribution in [1.29, 1.82) is 0 Å². The number of hydrogen-bond donors (Lipinski definition) is 2. The number of hydrogen-bond acceptors (Lipinski definition) is 5. The van der Waals surface area contributed by atoms with E-state index in [1.165, 1.54) is 10.5 Å². The molecule has 3 heterocycles.